The fourth-order valence-electron chi connectivity index (χ4n) is 1.64. The molecule has 0 unspecified atom stereocenters. The van der Waals surface area contributed by atoms with Crippen LogP contribution in [0.2, 0.25) is 0 Å². The van der Waals surface area contributed by atoms with Crippen LogP contribution in [0.3, 0.4) is 0 Å². The van der Waals surface area contributed by atoms with Crippen LogP contribution >= 0.6 is 0 Å². The maximum absolute atomic E-state index is 4.27. The number of nitrogens with one attached hydrogen (secondary N) is 1. The van der Waals surface area contributed by atoms with E-state index in [9.17, 15) is 0 Å². The molecule has 1 N–H and O–H groups in total. The van der Waals surface area contributed by atoms with Gasteiger partial charge in [-0.25, -0.2) is 0 Å². The third kappa shape index (κ3) is 2.81. The number of hydrogen-bond donors (Lipinski definition) is 1. The van der Waals surface area contributed by atoms with Crippen molar-refractivity contribution >= 4 is 0 Å². The third-order valence-electron chi connectivity index (χ3n) is 2.86. The van der Waals surface area contributed by atoms with Crippen molar-refractivity contribution in [2.75, 3.05) is 6.54 Å². The highest BCUT2D eigenvalue weighted by Gasteiger charge is 2.19. The van der Waals surface area contributed by atoms with E-state index in [1.165, 1.54) is 24.8 Å². The van der Waals surface area contributed by atoms with Crippen molar-refractivity contribution in [2.45, 2.75) is 32.7 Å². The fourth-order valence-corrected chi connectivity index (χ4v) is 1.64. The molecule has 0 aliphatic heterocycles. The molecule has 0 spiro atoms. The summed E-state index contributed by atoms with van der Waals surface area (Å²) in [5, 5.41) is 3.47. The van der Waals surface area contributed by atoms with Crippen molar-refractivity contribution in [3.8, 4) is 0 Å². The van der Waals surface area contributed by atoms with Crippen LogP contribution in [0.4, 0.5) is 0 Å². The van der Waals surface area contributed by atoms with E-state index in [0.717, 1.165) is 24.7 Å². The smallest absolute Gasteiger partial charge is 0.0417 e. The van der Waals surface area contributed by atoms with Gasteiger partial charge in [0.25, 0.3) is 0 Å². The second-order valence-corrected chi connectivity index (χ2v) is 4.16. The van der Waals surface area contributed by atoms with Crippen LogP contribution < -0.4 is 5.32 Å². The van der Waals surface area contributed by atoms with Crippen molar-refractivity contribution in [3.05, 3.63) is 29.6 Å². The SMILES string of the molecule is Cc1ncccc1CNCCC1CC1. The summed E-state index contributed by atoms with van der Waals surface area (Å²) in [6.07, 6.45) is 6.10. The van der Waals surface area contributed by atoms with Gasteiger partial charge in [0.15, 0.2) is 0 Å². The quantitative estimate of drug-likeness (QED) is 0.720. The molecule has 0 aromatic carbocycles. The molecule has 76 valence electrons. The summed E-state index contributed by atoms with van der Waals surface area (Å²) in [4.78, 5) is 4.27. The van der Waals surface area contributed by atoms with E-state index in [2.05, 4.69) is 23.3 Å². The van der Waals surface area contributed by atoms with Crippen LogP contribution in [0.25, 0.3) is 0 Å². The highest BCUT2D eigenvalue weighted by Crippen LogP contribution is 2.31. The first-order chi connectivity index (χ1) is 6.86. The van der Waals surface area contributed by atoms with E-state index in [1.807, 2.05) is 12.3 Å². The van der Waals surface area contributed by atoms with Crippen LogP contribution in [-0.4, -0.2) is 11.5 Å². The molecule has 1 aliphatic rings. The van der Waals surface area contributed by atoms with E-state index >= 15 is 0 Å². The van der Waals surface area contributed by atoms with E-state index in [4.69, 9.17) is 0 Å². The van der Waals surface area contributed by atoms with Crippen molar-refractivity contribution < 1.29 is 0 Å². The Morgan fingerprint density at radius 2 is 2.36 bits per heavy atom. The molecule has 2 nitrogen and oxygen atoms in total. The molecule has 0 radical (unpaired) electrons. The molecule has 1 aromatic rings. The van der Waals surface area contributed by atoms with Gasteiger partial charge >= 0.3 is 0 Å². The number of nitrogens with zero attached hydrogens (tertiary/aromatic N) is 1. The summed E-state index contributed by atoms with van der Waals surface area (Å²) >= 11 is 0. The third-order valence-corrected chi connectivity index (χ3v) is 2.86. The fraction of sp³-hybridized carbons (Fsp3) is 0.583. The molecule has 1 aromatic heterocycles. The Kier molecular flexibility index (Phi) is 3.14. The Morgan fingerprint density at radius 3 is 3.07 bits per heavy atom. The zero-order valence-electron chi connectivity index (χ0n) is 8.79. The zero-order chi connectivity index (χ0) is 9.80. The van der Waals surface area contributed by atoms with Gasteiger partial charge in [-0.15, -0.1) is 0 Å². The summed E-state index contributed by atoms with van der Waals surface area (Å²) in [5.74, 6) is 1.03. The minimum absolute atomic E-state index is 0.965. The first-order valence-electron chi connectivity index (χ1n) is 5.47. The Labute approximate surface area is 85.7 Å². The van der Waals surface area contributed by atoms with Gasteiger partial charge in [-0.05, 0) is 37.4 Å². The highest BCUT2D eigenvalue weighted by molar-refractivity contribution is 5.17. The molecule has 0 bridgehead atoms. The number of rotatable bonds is 5. The predicted octanol–water partition coefficient (Wildman–Crippen LogP) is 2.28. The summed E-state index contributed by atoms with van der Waals surface area (Å²) < 4.78 is 0. The van der Waals surface area contributed by atoms with Crippen LogP contribution in [0.1, 0.15) is 30.5 Å². The second-order valence-electron chi connectivity index (χ2n) is 4.16. The molecule has 0 amide bonds. The van der Waals surface area contributed by atoms with Gasteiger partial charge in [-0.2, -0.15) is 0 Å². The summed E-state index contributed by atoms with van der Waals surface area (Å²) in [5.41, 5.74) is 2.47. The molecule has 0 atom stereocenters. The lowest BCUT2D eigenvalue weighted by Crippen LogP contribution is -2.16. The second kappa shape index (κ2) is 4.56. The first kappa shape index (κ1) is 9.66. The number of aryl methyl sites for hydroxylation is 1. The van der Waals surface area contributed by atoms with E-state index in [-0.39, 0.29) is 0 Å². The topological polar surface area (TPSA) is 24.9 Å². The largest absolute Gasteiger partial charge is 0.313 e. The van der Waals surface area contributed by atoms with Crippen LogP contribution in [0.15, 0.2) is 18.3 Å². The average Bonchev–Trinajstić information content (AvgIpc) is 2.99. The molecule has 2 heteroatoms. The number of aromatic nitrogens is 1. The first-order valence-corrected chi connectivity index (χ1v) is 5.47. The van der Waals surface area contributed by atoms with Gasteiger partial charge in [0, 0.05) is 18.4 Å². The normalized spacial score (nSPS) is 15.8. The maximum Gasteiger partial charge on any atom is 0.0417 e. The number of pyridine rings is 1. The van der Waals surface area contributed by atoms with E-state index in [0.29, 0.717) is 0 Å². The summed E-state index contributed by atoms with van der Waals surface area (Å²) in [6.45, 7) is 4.18. The Bertz CT molecular complexity index is 292. The number of hydrogen-bond acceptors (Lipinski definition) is 2. The Balaban J connectivity index is 1.71. The molecule has 1 saturated carbocycles. The maximum atomic E-state index is 4.27. The molecule has 1 heterocycles. The van der Waals surface area contributed by atoms with Crippen LogP contribution in [0.5, 0.6) is 0 Å². The van der Waals surface area contributed by atoms with Crippen molar-refractivity contribution in [2.24, 2.45) is 5.92 Å². The molecule has 1 fully saturated rings. The van der Waals surface area contributed by atoms with E-state index in [1.54, 1.807) is 0 Å². The summed E-state index contributed by atoms with van der Waals surface area (Å²) in [7, 11) is 0. The molecule has 1 aliphatic carbocycles. The molecular formula is C12H18N2. The van der Waals surface area contributed by atoms with Crippen molar-refractivity contribution in [3.63, 3.8) is 0 Å². The molecule has 2 rings (SSSR count). The highest BCUT2D eigenvalue weighted by atomic mass is 14.9. The van der Waals surface area contributed by atoms with Gasteiger partial charge < -0.3 is 5.32 Å². The lowest BCUT2D eigenvalue weighted by molar-refractivity contribution is 0.610. The lowest BCUT2D eigenvalue weighted by Gasteiger charge is -2.06. The molecule has 0 saturated heterocycles. The molecule has 14 heavy (non-hydrogen) atoms. The van der Waals surface area contributed by atoms with Crippen LogP contribution in [-0.2, 0) is 6.54 Å². The average molecular weight is 190 g/mol. The van der Waals surface area contributed by atoms with Gasteiger partial charge in [0.05, 0.1) is 0 Å². The zero-order valence-corrected chi connectivity index (χ0v) is 8.79. The minimum atomic E-state index is 0.965. The van der Waals surface area contributed by atoms with Crippen molar-refractivity contribution in [1.29, 1.82) is 0 Å². The monoisotopic (exact) mass is 190 g/mol. The standard InChI is InChI=1S/C12H18N2/c1-10-12(3-2-7-14-10)9-13-8-6-11-4-5-11/h2-3,7,11,13H,4-6,8-9H2,1H3. The van der Waals surface area contributed by atoms with Gasteiger partial charge in [0.1, 0.15) is 0 Å². The predicted molar refractivity (Wildman–Crippen MR) is 58.0 cm³/mol. The van der Waals surface area contributed by atoms with E-state index < -0.39 is 0 Å². The lowest BCUT2D eigenvalue weighted by atomic mass is 10.2. The van der Waals surface area contributed by atoms with Gasteiger partial charge in [-0.1, -0.05) is 18.9 Å². The Hall–Kier alpha value is -0.890. The minimum Gasteiger partial charge on any atom is -0.313 e. The van der Waals surface area contributed by atoms with Gasteiger partial charge in [-0.3, -0.25) is 4.98 Å². The van der Waals surface area contributed by atoms with Crippen LogP contribution in [0, 0.1) is 12.8 Å². The Morgan fingerprint density at radius 1 is 1.50 bits per heavy atom. The molecular weight excluding hydrogens is 172 g/mol. The summed E-state index contributed by atoms with van der Waals surface area (Å²) in [6, 6.07) is 4.15. The van der Waals surface area contributed by atoms with Crippen molar-refractivity contribution in [1.82, 2.24) is 10.3 Å². The van der Waals surface area contributed by atoms with Gasteiger partial charge in [0.2, 0.25) is 0 Å².